The van der Waals surface area contributed by atoms with Crippen molar-refractivity contribution in [2.24, 2.45) is 0 Å². The Morgan fingerprint density at radius 1 is 1.07 bits per heavy atom. The first-order valence-electron chi connectivity index (χ1n) is 8.28. The molecule has 2 aromatic carbocycles. The van der Waals surface area contributed by atoms with Crippen LogP contribution >= 0.6 is 31.9 Å². The third kappa shape index (κ3) is 3.00. The number of carbonyl (C=O) groups is 1. The van der Waals surface area contributed by atoms with Crippen LogP contribution in [0.2, 0.25) is 0 Å². The van der Waals surface area contributed by atoms with Crippen molar-refractivity contribution in [2.45, 2.75) is 0 Å². The first-order valence-corrected chi connectivity index (χ1v) is 9.86. The maximum Gasteiger partial charge on any atom is 0.338 e. The van der Waals surface area contributed by atoms with E-state index in [1.165, 1.54) is 7.11 Å². The number of ether oxygens (including phenoxy) is 1. The second kappa shape index (κ2) is 7.07. The van der Waals surface area contributed by atoms with Crippen molar-refractivity contribution in [3.63, 3.8) is 0 Å². The average Bonchev–Trinajstić information content (AvgIpc) is 2.68. The molecular weight excluding hydrogens is 488 g/mol. The Kier molecular flexibility index (Phi) is 4.72. The molecule has 140 valence electrons. The highest BCUT2D eigenvalue weighted by Crippen LogP contribution is 2.43. The summed E-state index contributed by atoms with van der Waals surface area (Å²) in [5.74, 6) is 0.0977. The van der Waals surface area contributed by atoms with Crippen LogP contribution in [0.25, 0.3) is 33.4 Å². The van der Waals surface area contributed by atoms with Crippen molar-refractivity contribution in [3.05, 3.63) is 68.4 Å². The molecule has 5 nitrogen and oxygen atoms in total. The summed E-state index contributed by atoms with van der Waals surface area (Å²) in [6.45, 7) is 0. The van der Waals surface area contributed by atoms with E-state index in [-0.39, 0.29) is 0 Å². The van der Waals surface area contributed by atoms with E-state index in [9.17, 15) is 4.79 Å². The van der Waals surface area contributed by atoms with Gasteiger partial charge in [-0.15, -0.1) is 0 Å². The molecule has 0 aromatic heterocycles. The lowest BCUT2D eigenvalue weighted by molar-refractivity contribution is 0.0601. The van der Waals surface area contributed by atoms with Crippen molar-refractivity contribution in [1.82, 2.24) is 0 Å². The van der Waals surface area contributed by atoms with E-state index in [0.29, 0.717) is 38.0 Å². The zero-order valence-electron chi connectivity index (χ0n) is 14.7. The fraction of sp³-hybridized carbons (Fsp3) is 0.0476. The van der Waals surface area contributed by atoms with Crippen LogP contribution in [-0.4, -0.2) is 13.1 Å². The van der Waals surface area contributed by atoms with Gasteiger partial charge < -0.3 is 14.9 Å². The molecule has 7 heteroatoms. The van der Waals surface area contributed by atoms with Gasteiger partial charge in [0.1, 0.15) is 11.3 Å². The van der Waals surface area contributed by atoms with Crippen molar-refractivity contribution < 1.29 is 13.9 Å². The number of carbonyl (C=O) groups excluding carboxylic acids is 1. The number of anilines is 1. The molecule has 0 saturated heterocycles. The van der Waals surface area contributed by atoms with Crippen LogP contribution in [0.1, 0.15) is 10.4 Å². The molecule has 1 aliphatic carbocycles. The fourth-order valence-electron chi connectivity index (χ4n) is 3.22. The van der Waals surface area contributed by atoms with E-state index in [0.717, 1.165) is 21.0 Å². The number of nitrogen functional groups attached to an aromatic ring is 1. The van der Waals surface area contributed by atoms with Crippen LogP contribution in [0.15, 0.2) is 61.9 Å². The first-order chi connectivity index (χ1) is 13.4. The Labute approximate surface area is 177 Å². The van der Waals surface area contributed by atoms with Crippen LogP contribution in [0.3, 0.4) is 0 Å². The molecule has 0 bridgehead atoms. The molecule has 0 fully saturated rings. The highest BCUT2D eigenvalue weighted by atomic mass is 79.9. The summed E-state index contributed by atoms with van der Waals surface area (Å²) in [4.78, 5) is 12.4. The van der Waals surface area contributed by atoms with Gasteiger partial charge in [-0.2, -0.15) is 0 Å². The Bertz CT molecular complexity index is 1280. The van der Waals surface area contributed by atoms with E-state index in [1.807, 2.05) is 24.3 Å². The topological polar surface area (TPSA) is 89.3 Å². The Hall–Kier alpha value is -2.64. The molecule has 4 rings (SSSR count). The molecule has 3 N–H and O–H groups in total. The summed E-state index contributed by atoms with van der Waals surface area (Å²) in [5.41, 5.74) is 9.86. The third-order valence-corrected chi connectivity index (χ3v) is 5.87. The number of hydrogen-bond donors (Lipinski definition) is 2. The Balaban J connectivity index is 2.23. The quantitative estimate of drug-likeness (QED) is 0.213. The molecule has 0 atom stereocenters. The van der Waals surface area contributed by atoms with Crippen LogP contribution in [-0.2, 0) is 4.74 Å². The van der Waals surface area contributed by atoms with E-state index >= 15 is 0 Å². The number of halogens is 2. The molecule has 1 aliphatic heterocycles. The molecule has 2 aromatic rings. The number of esters is 1. The second-order valence-electron chi connectivity index (χ2n) is 6.21. The molecule has 0 saturated carbocycles. The smallest absolute Gasteiger partial charge is 0.338 e. The highest BCUT2D eigenvalue weighted by Gasteiger charge is 2.23. The lowest BCUT2D eigenvalue weighted by Crippen LogP contribution is -2.06. The highest BCUT2D eigenvalue weighted by molar-refractivity contribution is 9.10. The number of nitrogens with two attached hydrogens (primary N) is 1. The summed E-state index contributed by atoms with van der Waals surface area (Å²) in [7, 11) is 1.36. The van der Waals surface area contributed by atoms with E-state index in [4.69, 9.17) is 20.3 Å². The monoisotopic (exact) mass is 500 g/mol. The van der Waals surface area contributed by atoms with Crippen molar-refractivity contribution in [1.29, 1.82) is 5.41 Å². The molecule has 2 aliphatic rings. The largest absolute Gasteiger partial charge is 0.465 e. The van der Waals surface area contributed by atoms with Gasteiger partial charge in [-0.25, -0.2) is 4.79 Å². The molecule has 0 unspecified atom stereocenters. The van der Waals surface area contributed by atoms with Gasteiger partial charge in [0.25, 0.3) is 0 Å². The molecule has 0 spiro atoms. The summed E-state index contributed by atoms with van der Waals surface area (Å²) in [6.07, 6.45) is 0. The number of benzene rings is 3. The van der Waals surface area contributed by atoms with E-state index < -0.39 is 5.97 Å². The molecule has 1 heterocycles. The summed E-state index contributed by atoms with van der Waals surface area (Å²) in [6, 6.07) is 14.3. The normalized spacial score (nSPS) is 11.1. The second-order valence-corrected chi connectivity index (χ2v) is 7.92. The van der Waals surface area contributed by atoms with Gasteiger partial charge in [0.05, 0.1) is 18.0 Å². The molecule has 0 radical (unpaired) electrons. The van der Waals surface area contributed by atoms with Crippen LogP contribution in [0.5, 0.6) is 0 Å². The van der Waals surface area contributed by atoms with Gasteiger partial charge in [-0.05, 0) is 55.6 Å². The van der Waals surface area contributed by atoms with Crippen molar-refractivity contribution >= 4 is 54.5 Å². The zero-order chi connectivity index (χ0) is 20.0. The average molecular weight is 502 g/mol. The van der Waals surface area contributed by atoms with Crippen LogP contribution in [0.4, 0.5) is 5.69 Å². The van der Waals surface area contributed by atoms with Gasteiger partial charge in [0.15, 0.2) is 0 Å². The molecule has 0 amide bonds. The van der Waals surface area contributed by atoms with E-state index in [1.54, 1.807) is 24.3 Å². The molecule has 28 heavy (non-hydrogen) atoms. The summed E-state index contributed by atoms with van der Waals surface area (Å²) < 4.78 is 12.4. The Morgan fingerprint density at radius 3 is 2.57 bits per heavy atom. The lowest BCUT2D eigenvalue weighted by atomic mass is 9.90. The maximum absolute atomic E-state index is 12.4. The number of rotatable bonds is 2. The van der Waals surface area contributed by atoms with Crippen molar-refractivity contribution in [3.8, 4) is 22.5 Å². The zero-order valence-corrected chi connectivity index (χ0v) is 17.8. The summed E-state index contributed by atoms with van der Waals surface area (Å²) >= 11 is 6.90. The van der Waals surface area contributed by atoms with Gasteiger partial charge in [-0.3, -0.25) is 5.41 Å². The minimum absolute atomic E-state index is 0.299. The van der Waals surface area contributed by atoms with Gasteiger partial charge in [0.2, 0.25) is 0 Å². The fourth-order valence-corrected chi connectivity index (χ4v) is 3.91. The number of nitrogens with one attached hydrogen (secondary N) is 1. The van der Waals surface area contributed by atoms with Crippen molar-refractivity contribution in [2.75, 3.05) is 12.8 Å². The molecular formula is C21H14Br2N2O3. The minimum atomic E-state index is -0.427. The number of fused-ring (bicyclic) bond motifs is 2. The maximum atomic E-state index is 12.4. The Morgan fingerprint density at radius 2 is 1.82 bits per heavy atom. The SMILES string of the molecule is COC(=O)c1ccccc1-c1c2cc(Br)c(=N)cc-2oc2cc(N)c(Br)cc12. The van der Waals surface area contributed by atoms with Crippen LogP contribution in [0, 0.1) is 5.41 Å². The number of hydrogen-bond acceptors (Lipinski definition) is 5. The third-order valence-electron chi connectivity index (χ3n) is 4.53. The standard InChI is InChI=1S/C21H14Br2N2O3/c1-27-21(26)11-5-3-2-4-10(11)20-12-6-14(22)16(24)8-18(12)28-19-9-17(25)15(23)7-13(19)20/h2-9,24H,25H2,1H3. The van der Waals surface area contributed by atoms with E-state index in [2.05, 4.69) is 31.9 Å². The van der Waals surface area contributed by atoms with Crippen LogP contribution < -0.4 is 11.1 Å². The lowest BCUT2D eigenvalue weighted by Gasteiger charge is -2.18. The predicted octanol–water partition coefficient (Wildman–Crippen LogP) is 5.58. The van der Waals surface area contributed by atoms with Gasteiger partial charge >= 0.3 is 5.97 Å². The van der Waals surface area contributed by atoms with Gasteiger partial charge in [0, 0.05) is 43.3 Å². The summed E-state index contributed by atoms with van der Waals surface area (Å²) in [5, 5.41) is 9.17. The predicted molar refractivity (Wildman–Crippen MR) is 115 cm³/mol. The van der Waals surface area contributed by atoms with Gasteiger partial charge in [-0.1, -0.05) is 18.2 Å². The minimum Gasteiger partial charge on any atom is -0.465 e. The first kappa shape index (κ1) is 18.7. The number of methoxy groups -OCH3 is 1.